The summed E-state index contributed by atoms with van der Waals surface area (Å²) in [5, 5.41) is 22.2. The van der Waals surface area contributed by atoms with E-state index in [1.807, 2.05) is 0 Å². The Kier molecular flexibility index (Phi) is 2.76. The Labute approximate surface area is 92.4 Å². The van der Waals surface area contributed by atoms with E-state index in [0.29, 0.717) is 5.56 Å². The van der Waals surface area contributed by atoms with Crippen molar-refractivity contribution in [2.45, 2.75) is 12.8 Å². The number of phenols is 2. The van der Waals surface area contributed by atoms with E-state index in [2.05, 4.69) is 10.5 Å². The minimum Gasteiger partial charge on any atom is -0.508 e. The quantitative estimate of drug-likeness (QED) is 0.524. The van der Waals surface area contributed by atoms with Gasteiger partial charge in [0, 0.05) is 17.5 Å². The summed E-state index contributed by atoms with van der Waals surface area (Å²) >= 11 is 0. The van der Waals surface area contributed by atoms with Gasteiger partial charge in [0.2, 0.25) is 5.91 Å². The smallest absolute Gasteiger partial charge is 0.243 e. The monoisotopic (exact) mass is 220 g/mol. The average molecular weight is 220 g/mol. The lowest BCUT2D eigenvalue weighted by molar-refractivity contribution is -0.122. The van der Waals surface area contributed by atoms with Gasteiger partial charge in [0.15, 0.2) is 0 Å². The zero-order chi connectivity index (χ0) is 11.5. The van der Waals surface area contributed by atoms with Gasteiger partial charge in [-0.25, -0.2) is 5.43 Å². The fraction of sp³-hybridized carbons (Fsp3) is 0.273. The van der Waals surface area contributed by atoms with Gasteiger partial charge in [0.05, 0.1) is 6.21 Å². The van der Waals surface area contributed by atoms with E-state index in [0.717, 1.165) is 12.8 Å². The Morgan fingerprint density at radius 2 is 2.19 bits per heavy atom. The molecular formula is C11H12N2O3. The molecule has 0 aliphatic heterocycles. The highest BCUT2D eigenvalue weighted by Crippen LogP contribution is 2.28. The lowest BCUT2D eigenvalue weighted by atomic mass is 10.2. The first-order valence-electron chi connectivity index (χ1n) is 5.02. The van der Waals surface area contributed by atoms with Crippen molar-refractivity contribution in [3.63, 3.8) is 0 Å². The van der Waals surface area contributed by atoms with E-state index in [-0.39, 0.29) is 23.3 Å². The van der Waals surface area contributed by atoms with Crippen LogP contribution in [-0.4, -0.2) is 22.3 Å². The molecule has 3 N–H and O–H groups in total. The summed E-state index contributed by atoms with van der Waals surface area (Å²) in [4.78, 5) is 11.2. The first-order chi connectivity index (χ1) is 7.66. The molecule has 1 aliphatic rings. The molecule has 2 rings (SSSR count). The minimum absolute atomic E-state index is 0.0170. The van der Waals surface area contributed by atoms with E-state index in [1.54, 1.807) is 0 Å². The molecule has 0 saturated heterocycles. The number of aromatic hydroxyl groups is 2. The van der Waals surface area contributed by atoms with E-state index in [4.69, 9.17) is 5.11 Å². The van der Waals surface area contributed by atoms with E-state index >= 15 is 0 Å². The van der Waals surface area contributed by atoms with Crippen LogP contribution in [-0.2, 0) is 4.79 Å². The standard InChI is InChI=1S/C11H12N2O3/c14-9-4-3-8(10(15)5-9)6-12-13-11(16)7-1-2-7/h3-7,14-15H,1-2H2,(H,13,16)/b12-6-. The van der Waals surface area contributed by atoms with Gasteiger partial charge in [-0.2, -0.15) is 5.10 Å². The van der Waals surface area contributed by atoms with E-state index < -0.39 is 0 Å². The zero-order valence-corrected chi connectivity index (χ0v) is 8.55. The fourth-order valence-corrected chi connectivity index (χ4v) is 1.24. The number of hydrogen-bond donors (Lipinski definition) is 3. The van der Waals surface area contributed by atoms with Crippen LogP contribution in [0, 0.1) is 5.92 Å². The topological polar surface area (TPSA) is 81.9 Å². The Bertz CT molecular complexity index is 439. The predicted octanol–water partition coefficient (Wildman–Crippen LogP) is 0.958. The van der Waals surface area contributed by atoms with Crippen molar-refractivity contribution in [1.82, 2.24) is 5.43 Å². The summed E-state index contributed by atoms with van der Waals surface area (Å²) in [6.07, 6.45) is 3.19. The lowest BCUT2D eigenvalue weighted by Gasteiger charge is -1.99. The largest absolute Gasteiger partial charge is 0.508 e. The Balaban J connectivity index is 1.97. The van der Waals surface area contributed by atoms with Gasteiger partial charge in [-0.3, -0.25) is 4.79 Å². The average Bonchev–Trinajstić information content (AvgIpc) is 3.04. The summed E-state index contributed by atoms with van der Waals surface area (Å²) in [5.74, 6) is -0.0823. The third-order valence-corrected chi connectivity index (χ3v) is 2.34. The van der Waals surface area contributed by atoms with Gasteiger partial charge in [-0.15, -0.1) is 0 Å². The zero-order valence-electron chi connectivity index (χ0n) is 8.55. The molecule has 84 valence electrons. The number of amides is 1. The molecule has 5 heteroatoms. The summed E-state index contributed by atoms with van der Waals surface area (Å²) in [6, 6.07) is 4.16. The van der Waals surface area contributed by atoms with Gasteiger partial charge < -0.3 is 10.2 Å². The predicted molar refractivity (Wildman–Crippen MR) is 58.2 cm³/mol. The SMILES string of the molecule is O=C(N/N=C\c1ccc(O)cc1O)C1CC1. The molecule has 0 unspecified atom stereocenters. The highest BCUT2D eigenvalue weighted by Gasteiger charge is 2.29. The maximum Gasteiger partial charge on any atom is 0.243 e. The molecule has 0 spiro atoms. The Morgan fingerprint density at radius 3 is 2.81 bits per heavy atom. The number of carbonyl (C=O) groups excluding carboxylic acids is 1. The number of benzene rings is 1. The molecule has 0 heterocycles. The summed E-state index contributed by atoms with van der Waals surface area (Å²) in [7, 11) is 0. The van der Waals surface area contributed by atoms with Crippen molar-refractivity contribution < 1.29 is 15.0 Å². The van der Waals surface area contributed by atoms with Crippen LogP contribution in [0.3, 0.4) is 0 Å². The second kappa shape index (κ2) is 4.22. The van der Waals surface area contributed by atoms with Crippen LogP contribution in [0.4, 0.5) is 0 Å². The van der Waals surface area contributed by atoms with Crippen LogP contribution in [0.1, 0.15) is 18.4 Å². The van der Waals surface area contributed by atoms with Crippen LogP contribution in [0.2, 0.25) is 0 Å². The van der Waals surface area contributed by atoms with Crippen LogP contribution < -0.4 is 5.43 Å². The molecule has 1 saturated carbocycles. The molecule has 5 nitrogen and oxygen atoms in total. The van der Waals surface area contributed by atoms with Crippen molar-refractivity contribution in [1.29, 1.82) is 0 Å². The van der Waals surface area contributed by atoms with Gasteiger partial charge in [0.1, 0.15) is 11.5 Å². The summed E-state index contributed by atoms with van der Waals surface area (Å²) in [6.45, 7) is 0. The number of hydrogen-bond acceptors (Lipinski definition) is 4. The highest BCUT2D eigenvalue weighted by molar-refractivity contribution is 5.86. The number of rotatable bonds is 3. The molecule has 0 bridgehead atoms. The highest BCUT2D eigenvalue weighted by atomic mass is 16.3. The third kappa shape index (κ3) is 2.50. The van der Waals surface area contributed by atoms with Crippen LogP contribution in [0.15, 0.2) is 23.3 Å². The van der Waals surface area contributed by atoms with Crippen molar-refractivity contribution in [3.8, 4) is 11.5 Å². The van der Waals surface area contributed by atoms with E-state index in [1.165, 1.54) is 24.4 Å². The molecule has 1 amide bonds. The van der Waals surface area contributed by atoms with Crippen molar-refractivity contribution in [3.05, 3.63) is 23.8 Å². The first kappa shape index (κ1) is 10.5. The molecule has 1 aromatic carbocycles. The fourth-order valence-electron chi connectivity index (χ4n) is 1.24. The van der Waals surface area contributed by atoms with Gasteiger partial charge in [-0.05, 0) is 25.0 Å². The Hall–Kier alpha value is -2.04. The number of carbonyl (C=O) groups is 1. The number of hydrazone groups is 1. The van der Waals surface area contributed by atoms with Crippen molar-refractivity contribution in [2.24, 2.45) is 11.0 Å². The second-order valence-corrected chi connectivity index (χ2v) is 3.75. The van der Waals surface area contributed by atoms with Crippen molar-refractivity contribution >= 4 is 12.1 Å². The normalized spacial score (nSPS) is 15.2. The molecule has 1 aliphatic carbocycles. The molecule has 0 aromatic heterocycles. The number of phenolic OH excluding ortho intramolecular Hbond substituents is 2. The molecule has 1 fully saturated rings. The number of nitrogens with zero attached hydrogens (tertiary/aromatic N) is 1. The first-order valence-corrected chi connectivity index (χ1v) is 5.02. The maximum absolute atomic E-state index is 11.2. The molecule has 0 radical (unpaired) electrons. The summed E-state index contributed by atoms with van der Waals surface area (Å²) < 4.78 is 0. The van der Waals surface area contributed by atoms with Gasteiger partial charge >= 0.3 is 0 Å². The molecule has 16 heavy (non-hydrogen) atoms. The van der Waals surface area contributed by atoms with Crippen molar-refractivity contribution in [2.75, 3.05) is 0 Å². The van der Waals surface area contributed by atoms with Crippen LogP contribution >= 0.6 is 0 Å². The molecular weight excluding hydrogens is 208 g/mol. The van der Waals surface area contributed by atoms with Crippen LogP contribution in [0.5, 0.6) is 11.5 Å². The molecule has 1 aromatic rings. The molecule has 0 atom stereocenters. The lowest BCUT2D eigenvalue weighted by Crippen LogP contribution is -2.18. The Morgan fingerprint density at radius 1 is 1.44 bits per heavy atom. The van der Waals surface area contributed by atoms with Crippen LogP contribution in [0.25, 0.3) is 0 Å². The third-order valence-electron chi connectivity index (χ3n) is 2.34. The van der Waals surface area contributed by atoms with Gasteiger partial charge in [0.25, 0.3) is 0 Å². The second-order valence-electron chi connectivity index (χ2n) is 3.75. The van der Waals surface area contributed by atoms with E-state index in [9.17, 15) is 9.90 Å². The number of nitrogens with one attached hydrogen (secondary N) is 1. The maximum atomic E-state index is 11.2. The van der Waals surface area contributed by atoms with Gasteiger partial charge in [-0.1, -0.05) is 0 Å². The summed E-state index contributed by atoms with van der Waals surface area (Å²) in [5.41, 5.74) is 2.83. The minimum atomic E-state index is -0.0884.